The van der Waals surface area contributed by atoms with E-state index in [0.29, 0.717) is 6.42 Å². The quantitative estimate of drug-likeness (QED) is 0.292. The van der Waals surface area contributed by atoms with Gasteiger partial charge in [0, 0.05) is 12.6 Å². The maximum Gasteiger partial charge on any atom is 0.405 e. The summed E-state index contributed by atoms with van der Waals surface area (Å²) in [6.45, 7) is -0.0313. The molecule has 0 fully saturated rings. The van der Waals surface area contributed by atoms with Crippen LogP contribution in [0.3, 0.4) is 0 Å². The number of nitrogens with zero attached hydrogens (tertiary/aromatic N) is 1. The van der Waals surface area contributed by atoms with Crippen molar-refractivity contribution in [3.8, 4) is 0 Å². The van der Waals surface area contributed by atoms with Crippen LogP contribution in [0.5, 0.6) is 0 Å². The molecule has 138 valence electrons. The molecule has 1 rings (SSSR count). The van der Waals surface area contributed by atoms with Crippen LogP contribution in [0.2, 0.25) is 0 Å². The van der Waals surface area contributed by atoms with E-state index in [2.05, 4.69) is 9.46 Å². The molecule has 1 atom stereocenters. The molecule has 0 spiro atoms. The number of nitro benzene ring substituents is 1. The van der Waals surface area contributed by atoms with Gasteiger partial charge in [0.25, 0.3) is 11.6 Å². The van der Waals surface area contributed by atoms with Gasteiger partial charge in [-0.1, -0.05) is 12.1 Å². The van der Waals surface area contributed by atoms with Gasteiger partial charge in [0.05, 0.1) is 4.92 Å². The molecule has 0 unspecified atom stereocenters. The first-order chi connectivity index (χ1) is 11.6. The fourth-order valence-electron chi connectivity index (χ4n) is 1.97. The zero-order valence-electron chi connectivity index (χ0n) is 13.1. The molecule has 11 nitrogen and oxygen atoms in total. The Hall–Kier alpha value is -2.73. The van der Waals surface area contributed by atoms with Crippen molar-refractivity contribution in [2.45, 2.75) is 30.3 Å². The molecule has 1 aromatic carbocycles. The first-order valence-corrected chi connectivity index (χ1v) is 8.62. The molecule has 0 aliphatic rings. The van der Waals surface area contributed by atoms with Crippen LogP contribution in [-0.2, 0) is 19.6 Å². The van der Waals surface area contributed by atoms with Crippen LogP contribution >= 0.6 is 0 Å². The van der Waals surface area contributed by atoms with E-state index in [9.17, 15) is 28.1 Å². The third-order valence-electron chi connectivity index (χ3n) is 3.11. The van der Waals surface area contributed by atoms with Gasteiger partial charge in [-0.2, -0.15) is 0 Å². The van der Waals surface area contributed by atoms with Gasteiger partial charge in [-0.15, -0.1) is 0 Å². The Bertz CT molecular complexity index is 750. The standard InChI is InChI=1S/C13H18N4O7S/c14-12(18)10(24-13(15)19)6-3-4-8-16-25(22,23)11-7-2-1-5-9(11)17(20)21/h1-2,5,7,10,16H,3-4,6,8H2,(H2,14,18)(H2,15,19)/t10-/m0/s1. The van der Waals surface area contributed by atoms with Crippen molar-refractivity contribution in [2.24, 2.45) is 11.5 Å². The van der Waals surface area contributed by atoms with Crippen molar-refractivity contribution in [1.82, 2.24) is 4.72 Å². The van der Waals surface area contributed by atoms with Gasteiger partial charge in [0.1, 0.15) is 0 Å². The average Bonchev–Trinajstić information content (AvgIpc) is 2.52. The van der Waals surface area contributed by atoms with Gasteiger partial charge in [0.2, 0.25) is 10.0 Å². The third kappa shape index (κ3) is 6.35. The number of nitro groups is 1. The van der Waals surface area contributed by atoms with Gasteiger partial charge in [-0.05, 0) is 25.3 Å². The van der Waals surface area contributed by atoms with E-state index in [1.807, 2.05) is 0 Å². The first kappa shape index (κ1) is 20.3. The van der Waals surface area contributed by atoms with Gasteiger partial charge in [-0.3, -0.25) is 14.9 Å². The minimum Gasteiger partial charge on any atom is -0.436 e. The van der Waals surface area contributed by atoms with E-state index >= 15 is 0 Å². The summed E-state index contributed by atoms with van der Waals surface area (Å²) >= 11 is 0. The molecular weight excluding hydrogens is 356 g/mol. The number of nitrogens with two attached hydrogens (primary N) is 2. The van der Waals surface area contributed by atoms with Gasteiger partial charge in [-0.25, -0.2) is 17.9 Å². The summed E-state index contributed by atoms with van der Waals surface area (Å²) in [5, 5.41) is 10.9. The van der Waals surface area contributed by atoms with Gasteiger partial charge in [0.15, 0.2) is 11.0 Å². The monoisotopic (exact) mass is 374 g/mol. The number of carbonyl (C=O) groups is 2. The summed E-state index contributed by atoms with van der Waals surface area (Å²) in [4.78, 5) is 31.3. The first-order valence-electron chi connectivity index (χ1n) is 7.13. The molecule has 0 aliphatic heterocycles. The molecule has 12 heteroatoms. The Morgan fingerprint density at radius 1 is 1.24 bits per heavy atom. The SMILES string of the molecule is NC(=O)O[C@@H](CCCCNS(=O)(=O)c1ccccc1[N+](=O)[O-])C(N)=O. The van der Waals surface area contributed by atoms with Crippen LogP contribution in [0.1, 0.15) is 19.3 Å². The van der Waals surface area contributed by atoms with Crippen LogP contribution in [0.15, 0.2) is 29.2 Å². The lowest BCUT2D eigenvalue weighted by Gasteiger charge is -2.12. The number of unbranched alkanes of at least 4 members (excludes halogenated alkanes) is 1. The number of amides is 2. The summed E-state index contributed by atoms with van der Waals surface area (Å²) < 4.78 is 31.0. The zero-order valence-corrected chi connectivity index (χ0v) is 13.9. The second kappa shape index (κ2) is 8.94. The van der Waals surface area contributed by atoms with E-state index in [0.717, 1.165) is 12.1 Å². The Kier molecular flexibility index (Phi) is 7.26. The Labute approximate surface area is 143 Å². The van der Waals surface area contributed by atoms with Crippen molar-refractivity contribution >= 4 is 27.7 Å². The van der Waals surface area contributed by atoms with E-state index in [-0.39, 0.29) is 19.4 Å². The van der Waals surface area contributed by atoms with Crippen molar-refractivity contribution in [3.05, 3.63) is 34.4 Å². The van der Waals surface area contributed by atoms with Crippen LogP contribution in [0.4, 0.5) is 10.5 Å². The number of para-hydroxylation sites is 1. The molecule has 0 bridgehead atoms. The summed E-state index contributed by atoms with van der Waals surface area (Å²) in [6.07, 6.45) is -1.66. The zero-order chi connectivity index (χ0) is 19.0. The van der Waals surface area contributed by atoms with E-state index in [1.54, 1.807) is 0 Å². The van der Waals surface area contributed by atoms with E-state index < -0.39 is 43.6 Å². The van der Waals surface area contributed by atoms with Crippen LogP contribution in [0.25, 0.3) is 0 Å². The topological polar surface area (TPSA) is 185 Å². The van der Waals surface area contributed by atoms with Crippen molar-refractivity contribution < 1.29 is 27.7 Å². The van der Waals surface area contributed by atoms with Gasteiger partial charge >= 0.3 is 6.09 Å². The molecule has 1 aromatic rings. The second-order valence-corrected chi connectivity index (χ2v) is 6.68. The van der Waals surface area contributed by atoms with Gasteiger partial charge < -0.3 is 16.2 Å². The lowest BCUT2D eigenvalue weighted by atomic mass is 10.1. The predicted molar refractivity (Wildman–Crippen MR) is 85.8 cm³/mol. The fraction of sp³-hybridized carbons (Fsp3) is 0.385. The second-order valence-electron chi connectivity index (χ2n) is 4.95. The molecule has 0 radical (unpaired) electrons. The molecule has 25 heavy (non-hydrogen) atoms. The number of sulfonamides is 1. The maximum atomic E-state index is 12.1. The predicted octanol–water partition coefficient (Wildman–Crippen LogP) is -0.00740. The lowest BCUT2D eigenvalue weighted by molar-refractivity contribution is -0.387. The summed E-state index contributed by atoms with van der Waals surface area (Å²) in [6, 6.07) is 4.96. The van der Waals surface area contributed by atoms with Crippen molar-refractivity contribution in [3.63, 3.8) is 0 Å². The number of hydrogen-bond donors (Lipinski definition) is 3. The normalized spacial score (nSPS) is 12.3. The smallest absolute Gasteiger partial charge is 0.405 e. The molecule has 2 amide bonds. The molecule has 0 saturated carbocycles. The Balaban J connectivity index is 2.57. The van der Waals surface area contributed by atoms with Crippen LogP contribution in [0, 0.1) is 10.1 Å². The molecular formula is C13H18N4O7S. The summed E-state index contributed by atoms with van der Waals surface area (Å²) in [7, 11) is -4.06. The lowest BCUT2D eigenvalue weighted by Crippen LogP contribution is -2.35. The fourth-order valence-corrected chi connectivity index (χ4v) is 3.22. The number of primary amides is 2. The van der Waals surface area contributed by atoms with E-state index in [4.69, 9.17) is 11.5 Å². The highest BCUT2D eigenvalue weighted by Gasteiger charge is 2.24. The number of rotatable bonds is 10. The van der Waals surface area contributed by atoms with Crippen LogP contribution < -0.4 is 16.2 Å². The summed E-state index contributed by atoms with van der Waals surface area (Å²) in [5.74, 6) is -0.862. The third-order valence-corrected chi connectivity index (χ3v) is 4.62. The minimum absolute atomic E-state index is 0.0313. The molecule has 0 aromatic heterocycles. The largest absolute Gasteiger partial charge is 0.436 e. The number of nitrogens with one attached hydrogen (secondary N) is 1. The van der Waals surface area contributed by atoms with Crippen molar-refractivity contribution in [2.75, 3.05) is 6.54 Å². The highest BCUT2D eigenvalue weighted by Crippen LogP contribution is 2.22. The molecule has 0 heterocycles. The Morgan fingerprint density at radius 2 is 1.88 bits per heavy atom. The molecule has 0 saturated heterocycles. The average molecular weight is 374 g/mol. The number of carbonyl (C=O) groups excluding carboxylic acids is 2. The molecule has 5 N–H and O–H groups in total. The highest BCUT2D eigenvalue weighted by atomic mass is 32.2. The number of hydrogen-bond acceptors (Lipinski definition) is 7. The Morgan fingerprint density at radius 3 is 2.44 bits per heavy atom. The molecule has 0 aliphatic carbocycles. The van der Waals surface area contributed by atoms with Crippen molar-refractivity contribution in [1.29, 1.82) is 0 Å². The minimum atomic E-state index is -4.06. The maximum absolute atomic E-state index is 12.1. The van der Waals surface area contributed by atoms with Crippen LogP contribution in [-0.4, -0.2) is 38.0 Å². The highest BCUT2D eigenvalue weighted by molar-refractivity contribution is 7.89. The summed E-state index contributed by atoms with van der Waals surface area (Å²) in [5.41, 5.74) is 9.32. The number of benzene rings is 1. The van der Waals surface area contributed by atoms with E-state index in [1.165, 1.54) is 12.1 Å². The number of ether oxygens (including phenoxy) is 1.